The molecule has 25 heavy (non-hydrogen) atoms. The molecule has 2 aromatic heterocycles. The number of aromatic nitrogens is 3. The second-order valence-corrected chi connectivity index (χ2v) is 5.74. The van der Waals surface area contributed by atoms with Crippen molar-refractivity contribution in [1.29, 1.82) is 5.26 Å². The Hall–Kier alpha value is -3.07. The lowest BCUT2D eigenvalue weighted by atomic mass is 10.1. The van der Waals surface area contributed by atoms with Crippen molar-refractivity contribution in [2.24, 2.45) is 0 Å². The molecule has 2 heterocycles. The molecular formula is C19H21N5O. The first-order valence-electron chi connectivity index (χ1n) is 8.52. The van der Waals surface area contributed by atoms with Gasteiger partial charge < -0.3 is 10.1 Å². The minimum atomic E-state index is 0.534. The van der Waals surface area contributed by atoms with Crippen LogP contribution in [-0.4, -0.2) is 27.7 Å². The predicted molar refractivity (Wildman–Crippen MR) is 97.7 cm³/mol. The van der Waals surface area contributed by atoms with Gasteiger partial charge in [0.1, 0.15) is 17.6 Å². The number of anilines is 1. The molecule has 6 nitrogen and oxygen atoms in total. The van der Waals surface area contributed by atoms with E-state index in [0.29, 0.717) is 17.9 Å². The van der Waals surface area contributed by atoms with E-state index in [4.69, 9.17) is 4.74 Å². The molecular weight excluding hydrogens is 314 g/mol. The first kappa shape index (κ1) is 16.8. The summed E-state index contributed by atoms with van der Waals surface area (Å²) in [5.74, 6) is 1.42. The fourth-order valence-electron chi connectivity index (χ4n) is 2.54. The van der Waals surface area contributed by atoms with Gasteiger partial charge in [0.2, 0.25) is 0 Å². The van der Waals surface area contributed by atoms with E-state index in [1.165, 1.54) is 0 Å². The van der Waals surface area contributed by atoms with Crippen molar-refractivity contribution >= 4 is 11.5 Å². The Morgan fingerprint density at radius 1 is 1.24 bits per heavy atom. The monoisotopic (exact) mass is 335 g/mol. The predicted octanol–water partition coefficient (Wildman–Crippen LogP) is 3.88. The van der Waals surface area contributed by atoms with Crippen LogP contribution in [0.2, 0.25) is 0 Å². The van der Waals surface area contributed by atoms with Gasteiger partial charge in [-0.05, 0) is 36.6 Å². The molecule has 0 atom stereocenters. The van der Waals surface area contributed by atoms with E-state index >= 15 is 0 Å². The van der Waals surface area contributed by atoms with Crippen LogP contribution in [0.1, 0.15) is 32.3 Å². The van der Waals surface area contributed by atoms with Crippen molar-refractivity contribution in [3.8, 4) is 22.9 Å². The van der Waals surface area contributed by atoms with Crippen LogP contribution in [0, 0.1) is 11.3 Å². The summed E-state index contributed by atoms with van der Waals surface area (Å²) >= 11 is 0. The first-order chi connectivity index (χ1) is 12.3. The smallest absolute Gasteiger partial charge is 0.165 e. The average molecular weight is 335 g/mol. The Morgan fingerprint density at radius 3 is 2.88 bits per heavy atom. The minimum absolute atomic E-state index is 0.534. The van der Waals surface area contributed by atoms with Gasteiger partial charge >= 0.3 is 0 Å². The summed E-state index contributed by atoms with van der Waals surface area (Å²) in [6, 6.07) is 9.66. The van der Waals surface area contributed by atoms with Gasteiger partial charge in [0, 0.05) is 18.3 Å². The van der Waals surface area contributed by atoms with Crippen molar-refractivity contribution in [2.45, 2.75) is 26.7 Å². The second kappa shape index (κ2) is 7.67. The summed E-state index contributed by atoms with van der Waals surface area (Å²) in [5, 5.41) is 16.9. The van der Waals surface area contributed by atoms with Crippen LogP contribution in [-0.2, 0) is 0 Å². The average Bonchev–Trinajstić information content (AvgIpc) is 3.07. The molecule has 3 rings (SSSR count). The highest BCUT2D eigenvalue weighted by molar-refractivity contribution is 5.79. The summed E-state index contributed by atoms with van der Waals surface area (Å²) in [5.41, 5.74) is 3.14. The number of benzene rings is 1. The molecule has 0 aliphatic heterocycles. The van der Waals surface area contributed by atoms with Crippen LogP contribution in [0.5, 0.6) is 5.75 Å². The van der Waals surface area contributed by atoms with E-state index in [2.05, 4.69) is 28.4 Å². The summed E-state index contributed by atoms with van der Waals surface area (Å²) < 4.78 is 7.47. The lowest BCUT2D eigenvalue weighted by Gasteiger charge is -2.09. The Kier molecular flexibility index (Phi) is 5.14. The molecule has 0 aliphatic carbocycles. The van der Waals surface area contributed by atoms with Crippen LogP contribution in [0.25, 0.3) is 16.8 Å². The number of ether oxygens (including phenoxy) is 1. The van der Waals surface area contributed by atoms with Gasteiger partial charge in [0.05, 0.1) is 18.4 Å². The molecule has 0 amide bonds. The highest BCUT2D eigenvalue weighted by Crippen LogP contribution is 2.29. The molecule has 0 saturated heterocycles. The Balaban J connectivity index is 2.02. The maximum absolute atomic E-state index is 9.26. The molecule has 0 radical (unpaired) electrons. The van der Waals surface area contributed by atoms with Crippen LogP contribution < -0.4 is 10.1 Å². The largest absolute Gasteiger partial charge is 0.492 e. The van der Waals surface area contributed by atoms with E-state index in [9.17, 15) is 5.26 Å². The molecule has 6 heteroatoms. The molecule has 3 aromatic rings. The zero-order valence-corrected chi connectivity index (χ0v) is 14.5. The number of hydrogen-bond donors (Lipinski definition) is 1. The van der Waals surface area contributed by atoms with Crippen molar-refractivity contribution in [1.82, 2.24) is 14.6 Å². The number of nitrogens with one attached hydrogen (secondary N) is 1. The zero-order valence-electron chi connectivity index (χ0n) is 14.5. The van der Waals surface area contributed by atoms with E-state index in [1.54, 1.807) is 16.8 Å². The highest BCUT2D eigenvalue weighted by Gasteiger charge is 2.12. The fourth-order valence-corrected chi connectivity index (χ4v) is 2.54. The maximum atomic E-state index is 9.26. The quantitative estimate of drug-likeness (QED) is 0.709. The second-order valence-electron chi connectivity index (χ2n) is 5.74. The summed E-state index contributed by atoms with van der Waals surface area (Å²) in [4.78, 5) is 4.67. The summed E-state index contributed by atoms with van der Waals surface area (Å²) in [6.07, 6.45) is 5.60. The van der Waals surface area contributed by atoms with Crippen molar-refractivity contribution in [3.05, 3.63) is 42.2 Å². The topological polar surface area (TPSA) is 75.2 Å². The molecule has 0 bridgehead atoms. The van der Waals surface area contributed by atoms with E-state index in [-0.39, 0.29) is 0 Å². The normalized spacial score (nSPS) is 10.6. The highest BCUT2D eigenvalue weighted by atomic mass is 16.5. The molecule has 0 spiro atoms. The van der Waals surface area contributed by atoms with Gasteiger partial charge in [0.25, 0.3) is 0 Å². The summed E-state index contributed by atoms with van der Waals surface area (Å²) in [6.45, 7) is 5.61. The van der Waals surface area contributed by atoms with Crippen molar-refractivity contribution < 1.29 is 4.74 Å². The molecule has 1 N–H and O–H groups in total. The van der Waals surface area contributed by atoms with E-state index < -0.39 is 0 Å². The van der Waals surface area contributed by atoms with Gasteiger partial charge in [-0.15, -0.1) is 0 Å². The number of nitrogens with zero attached hydrogens (tertiary/aromatic N) is 4. The van der Waals surface area contributed by atoms with Crippen LogP contribution in [0.4, 0.5) is 5.82 Å². The van der Waals surface area contributed by atoms with Crippen LogP contribution in [0.3, 0.4) is 0 Å². The zero-order chi connectivity index (χ0) is 17.6. The van der Waals surface area contributed by atoms with E-state index in [0.717, 1.165) is 42.0 Å². The molecule has 0 aliphatic rings. The SMILES string of the molecule is CCCNc1ccn2ncc(-c3ccc(C#N)c(OCCC)c3)c2n1. The Labute approximate surface area is 147 Å². The van der Waals surface area contributed by atoms with Crippen molar-refractivity contribution in [2.75, 3.05) is 18.5 Å². The van der Waals surface area contributed by atoms with Crippen LogP contribution >= 0.6 is 0 Å². The van der Waals surface area contributed by atoms with Gasteiger partial charge in [-0.2, -0.15) is 10.4 Å². The van der Waals surface area contributed by atoms with Crippen molar-refractivity contribution in [3.63, 3.8) is 0 Å². The Morgan fingerprint density at radius 2 is 2.12 bits per heavy atom. The fraction of sp³-hybridized carbons (Fsp3) is 0.316. The number of rotatable bonds is 7. The van der Waals surface area contributed by atoms with E-state index in [1.807, 2.05) is 31.3 Å². The number of hydrogen-bond acceptors (Lipinski definition) is 5. The maximum Gasteiger partial charge on any atom is 0.165 e. The third-order valence-electron chi connectivity index (χ3n) is 3.80. The molecule has 0 unspecified atom stereocenters. The van der Waals surface area contributed by atoms with Gasteiger partial charge in [-0.1, -0.05) is 19.9 Å². The first-order valence-corrected chi connectivity index (χ1v) is 8.52. The number of fused-ring (bicyclic) bond motifs is 1. The molecule has 128 valence electrons. The summed E-state index contributed by atoms with van der Waals surface area (Å²) in [7, 11) is 0. The Bertz CT molecular complexity index is 910. The van der Waals surface area contributed by atoms with Gasteiger partial charge in [-0.25, -0.2) is 9.50 Å². The number of nitriles is 1. The third-order valence-corrected chi connectivity index (χ3v) is 3.80. The minimum Gasteiger partial charge on any atom is -0.492 e. The third kappa shape index (κ3) is 3.56. The molecule has 1 aromatic carbocycles. The molecule has 0 saturated carbocycles. The molecule has 0 fully saturated rings. The standard InChI is InChI=1S/C19H21N5O/c1-3-8-21-18-7-9-24-19(23-18)16(13-22-24)14-5-6-15(12-20)17(11-14)25-10-4-2/h5-7,9,11,13H,3-4,8,10H2,1-2H3,(H,21,23). The van der Waals surface area contributed by atoms with Gasteiger partial charge in [0.15, 0.2) is 5.65 Å². The van der Waals surface area contributed by atoms with Crippen LogP contribution in [0.15, 0.2) is 36.7 Å². The lowest BCUT2D eigenvalue weighted by molar-refractivity contribution is 0.316. The van der Waals surface area contributed by atoms with Gasteiger partial charge in [-0.3, -0.25) is 0 Å². The lowest BCUT2D eigenvalue weighted by Crippen LogP contribution is -2.03.